The summed E-state index contributed by atoms with van der Waals surface area (Å²) in [5, 5.41) is 3.82. The van der Waals surface area contributed by atoms with Gasteiger partial charge in [0.1, 0.15) is 0 Å². The first-order chi connectivity index (χ1) is 9.62. The fourth-order valence-electron chi connectivity index (χ4n) is 3.16. The summed E-state index contributed by atoms with van der Waals surface area (Å²) in [5.41, 5.74) is 0.335. The van der Waals surface area contributed by atoms with Crippen LogP contribution in [0, 0.1) is 0 Å². The van der Waals surface area contributed by atoms with E-state index in [1.807, 2.05) is 11.3 Å². The van der Waals surface area contributed by atoms with Gasteiger partial charge in [0.25, 0.3) is 0 Å². The van der Waals surface area contributed by atoms with Gasteiger partial charge in [-0.25, -0.2) is 0 Å². The van der Waals surface area contributed by atoms with Crippen molar-refractivity contribution in [3.05, 3.63) is 20.8 Å². The van der Waals surface area contributed by atoms with E-state index >= 15 is 0 Å². The molecule has 1 fully saturated rings. The van der Waals surface area contributed by atoms with Gasteiger partial charge in [0.15, 0.2) is 0 Å². The summed E-state index contributed by atoms with van der Waals surface area (Å²) in [4.78, 5) is 4.21. The molecule has 1 unspecified atom stereocenters. The maximum absolute atomic E-state index is 3.82. The van der Waals surface area contributed by atoms with E-state index in [1.165, 1.54) is 47.4 Å². The lowest BCUT2D eigenvalue weighted by atomic mass is 9.88. The second-order valence-corrected chi connectivity index (χ2v) is 8.40. The Morgan fingerprint density at radius 1 is 1.35 bits per heavy atom. The van der Waals surface area contributed by atoms with Gasteiger partial charge in [0.05, 0.1) is 3.79 Å². The smallest absolute Gasteiger partial charge is 0.0701 e. The molecule has 1 atom stereocenters. The lowest BCUT2D eigenvalue weighted by Gasteiger charge is -2.47. The molecule has 20 heavy (non-hydrogen) atoms. The van der Waals surface area contributed by atoms with E-state index in [0.717, 1.165) is 6.54 Å². The summed E-state index contributed by atoms with van der Waals surface area (Å²) in [5.74, 6) is 0. The van der Waals surface area contributed by atoms with Gasteiger partial charge in [-0.2, -0.15) is 0 Å². The summed E-state index contributed by atoms with van der Waals surface area (Å²) in [6.45, 7) is 10.5. The van der Waals surface area contributed by atoms with Crippen LogP contribution in [0.15, 0.2) is 15.9 Å². The average molecular weight is 359 g/mol. The molecule has 1 aliphatic heterocycles. The predicted octanol–water partition coefficient (Wildman–Crippen LogP) is 4.30. The minimum absolute atomic E-state index is 0.335. The number of hydrogen-bond donors (Lipinski definition) is 1. The molecule has 0 saturated carbocycles. The van der Waals surface area contributed by atoms with E-state index in [4.69, 9.17) is 0 Å². The van der Waals surface area contributed by atoms with Crippen molar-refractivity contribution in [2.24, 2.45) is 0 Å². The van der Waals surface area contributed by atoms with Crippen molar-refractivity contribution in [1.82, 2.24) is 10.2 Å². The average Bonchev–Trinajstić information content (AvgIpc) is 2.90. The Labute approximate surface area is 136 Å². The monoisotopic (exact) mass is 358 g/mol. The normalized spacial score (nSPS) is 23.1. The SMILES string of the molecule is CCC1CNC(CC)(CC)CN1CCc1ccc(Br)s1. The molecule has 1 aliphatic rings. The Bertz CT molecular complexity index is 414. The number of hydrogen-bond acceptors (Lipinski definition) is 3. The lowest BCUT2D eigenvalue weighted by molar-refractivity contribution is 0.0718. The first kappa shape index (κ1) is 16.5. The van der Waals surface area contributed by atoms with Gasteiger partial charge < -0.3 is 5.32 Å². The first-order valence-electron chi connectivity index (χ1n) is 7.85. The highest BCUT2D eigenvalue weighted by Crippen LogP contribution is 2.26. The maximum atomic E-state index is 3.82. The van der Waals surface area contributed by atoms with Gasteiger partial charge in [-0.1, -0.05) is 20.8 Å². The largest absolute Gasteiger partial charge is 0.308 e. The zero-order valence-electron chi connectivity index (χ0n) is 12.9. The minimum atomic E-state index is 0.335. The van der Waals surface area contributed by atoms with Crippen molar-refractivity contribution in [2.45, 2.75) is 58.0 Å². The minimum Gasteiger partial charge on any atom is -0.308 e. The van der Waals surface area contributed by atoms with Crippen molar-refractivity contribution < 1.29 is 0 Å². The summed E-state index contributed by atoms with van der Waals surface area (Å²) in [6.07, 6.45) is 4.86. The summed E-state index contributed by atoms with van der Waals surface area (Å²) >= 11 is 5.43. The first-order valence-corrected chi connectivity index (χ1v) is 9.46. The fourth-order valence-corrected chi connectivity index (χ4v) is 4.64. The van der Waals surface area contributed by atoms with E-state index in [9.17, 15) is 0 Å². The van der Waals surface area contributed by atoms with Gasteiger partial charge in [0, 0.05) is 36.1 Å². The third-order valence-corrected chi connectivity index (χ3v) is 6.52. The van der Waals surface area contributed by atoms with Crippen LogP contribution in [0.2, 0.25) is 0 Å². The van der Waals surface area contributed by atoms with E-state index in [1.54, 1.807) is 0 Å². The maximum Gasteiger partial charge on any atom is 0.0701 e. The molecule has 1 aromatic heterocycles. The number of nitrogens with zero attached hydrogens (tertiary/aromatic N) is 1. The second-order valence-electron chi connectivity index (χ2n) is 5.86. The molecule has 2 nitrogen and oxygen atoms in total. The molecule has 0 aromatic carbocycles. The number of nitrogens with one attached hydrogen (secondary N) is 1. The van der Waals surface area contributed by atoms with Crippen LogP contribution < -0.4 is 5.32 Å². The third kappa shape index (κ3) is 3.85. The van der Waals surface area contributed by atoms with Crippen LogP contribution in [0.1, 0.15) is 44.9 Å². The van der Waals surface area contributed by atoms with Crippen molar-refractivity contribution in [3.63, 3.8) is 0 Å². The molecule has 0 aliphatic carbocycles. The molecule has 2 heterocycles. The second kappa shape index (κ2) is 7.39. The molecule has 4 heteroatoms. The summed E-state index contributed by atoms with van der Waals surface area (Å²) < 4.78 is 1.25. The highest BCUT2D eigenvalue weighted by Gasteiger charge is 2.35. The van der Waals surface area contributed by atoms with E-state index in [0.29, 0.717) is 11.6 Å². The van der Waals surface area contributed by atoms with Gasteiger partial charge in [-0.3, -0.25) is 4.90 Å². The highest BCUT2D eigenvalue weighted by molar-refractivity contribution is 9.11. The lowest BCUT2D eigenvalue weighted by Crippen LogP contribution is -2.63. The number of rotatable bonds is 6. The Balaban J connectivity index is 1.98. The molecule has 0 radical (unpaired) electrons. The van der Waals surface area contributed by atoms with Crippen LogP contribution in [0.3, 0.4) is 0 Å². The zero-order chi connectivity index (χ0) is 14.6. The topological polar surface area (TPSA) is 15.3 Å². The Morgan fingerprint density at radius 3 is 2.65 bits per heavy atom. The summed E-state index contributed by atoms with van der Waals surface area (Å²) in [7, 11) is 0. The highest BCUT2D eigenvalue weighted by atomic mass is 79.9. The molecule has 1 N–H and O–H groups in total. The van der Waals surface area contributed by atoms with Gasteiger partial charge in [0.2, 0.25) is 0 Å². The Hall–Kier alpha value is 0.1000. The van der Waals surface area contributed by atoms with Crippen molar-refractivity contribution in [3.8, 4) is 0 Å². The number of thiophene rings is 1. The van der Waals surface area contributed by atoms with Gasteiger partial charge >= 0.3 is 0 Å². The Morgan fingerprint density at radius 2 is 2.10 bits per heavy atom. The quantitative estimate of drug-likeness (QED) is 0.815. The molecule has 0 bridgehead atoms. The molecule has 114 valence electrons. The van der Waals surface area contributed by atoms with Crippen LogP contribution in [0.4, 0.5) is 0 Å². The molecule has 0 spiro atoms. The van der Waals surface area contributed by atoms with E-state index < -0.39 is 0 Å². The molecule has 1 saturated heterocycles. The molecule has 1 aromatic rings. The predicted molar refractivity (Wildman–Crippen MR) is 92.7 cm³/mol. The Kier molecular flexibility index (Phi) is 6.09. The van der Waals surface area contributed by atoms with Crippen molar-refractivity contribution in [2.75, 3.05) is 19.6 Å². The van der Waals surface area contributed by atoms with Crippen LogP contribution in [0.25, 0.3) is 0 Å². The molecule has 0 amide bonds. The molecular weight excluding hydrogens is 332 g/mol. The molecule has 2 rings (SSSR count). The van der Waals surface area contributed by atoms with Gasteiger partial charge in [-0.05, 0) is 53.7 Å². The number of halogens is 1. The number of piperazine rings is 1. The van der Waals surface area contributed by atoms with Crippen LogP contribution in [-0.2, 0) is 6.42 Å². The van der Waals surface area contributed by atoms with Crippen LogP contribution in [-0.4, -0.2) is 36.1 Å². The fraction of sp³-hybridized carbons (Fsp3) is 0.750. The van der Waals surface area contributed by atoms with E-state index in [-0.39, 0.29) is 0 Å². The zero-order valence-corrected chi connectivity index (χ0v) is 15.3. The third-order valence-electron chi connectivity index (χ3n) is 4.83. The molecular formula is C16H27BrN2S. The van der Waals surface area contributed by atoms with Crippen molar-refractivity contribution in [1.29, 1.82) is 0 Å². The van der Waals surface area contributed by atoms with Crippen LogP contribution in [0.5, 0.6) is 0 Å². The van der Waals surface area contributed by atoms with E-state index in [2.05, 4.69) is 59.1 Å². The van der Waals surface area contributed by atoms with Crippen molar-refractivity contribution >= 4 is 27.3 Å². The van der Waals surface area contributed by atoms with Crippen LogP contribution >= 0.6 is 27.3 Å². The van der Waals surface area contributed by atoms with Gasteiger partial charge in [-0.15, -0.1) is 11.3 Å². The summed E-state index contributed by atoms with van der Waals surface area (Å²) in [6, 6.07) is 5.12. The standard InChI is InChI=1S/C16H27BrN2S/c1-4-13-11-18-16(5-2,6-3)12-19(13)10-9-14-7-8-15(17)20-14/h7-8,13,18H,4-6,9-12H2,1-3H3.